The van der Waals surface area contributed by atoms with Gasteiger partial charge in [-0.05, 0) is 30.1 Å². The molecule has 1 aliphatic rings. The van der Waals surface area contributed by atoms with Gasteiger partial charge in [-0.15, -0.1) is 0 Å². The van der Waals surface area contributed by atoms with Crippen molar-refractivity contribution in [2.24, 2.45) is 17.3 Å². The first kappa shape index (κ1) is 11.1. The number of hydrogen-bond acceptors (Lipinski definition) is 0. The molecule has 1 fully saturated rings. The lowest BCUT2D eigenvalue weighted by Gasteiger charge is -2.11. The topological polar surface area (TPSA) is 0 Å². The Balaban J connectivity index is 2.08. The van der Waals surface area contributed by atoms with Gasteiger partial charge in [0, 0.05) is 0 Å². The third-order valence-electron chi connectivity index (χ3n) is 4.14. The molecule has 0 aromatic rings. The minimum absolute atomic E-state index is 0.742. The molecule has 0 aliphatic heterocycles. The smallest absolute Gasteiger partial charge is 0.0297 e. The summed E-state index contributed by atoms with van der Waals surface area (Å²) in [5.41, 5.74) is 0.742. The highest BCUT2D eigenvalue weighted by Crippen LogP contribution is 2.57. The molecular formula is C13H26. The second kappa shape index (κ2) is 4.48. The van der Waals surface area contributed by atoms with Crippen LogP contribution >= 0.6 is 0 Å². The highest BCUT2D eigenvalue weighted by atomic mass is 14.5. The van der Waals surface area contributed by atoms with Gasteiger partial charge in [0.25, 0.3) is 0 Å². The van der Waals surface area contributed by atoms with Gasteiger partial charge in [0.1, 0.15) is 0 Å². The normalized spacial score (nSPS) is 34.6. The van der Waals surface area contributed by atoms with Gasteiger partial charge in [0.15, 0.2) is 0 Å². The highest BCUT2D eigenvalue weighted by Gasteiger charge is 2.47. The quantitative estimate of drug-likeness (QED) is 0.561. The molecule has 0 spiro atoms. The standard InChI is InChI=1S/C13H26/c1-5-7-11(3)8-9-12-10-13(12,4)6-2/h11-12H,5-10H2,1-4H3. The van der Waals surface area contributed by atoms with E-state index in [2.05, 4.69) is 27.7 Å². The van der Waals surface area contributed by atoms with E-state index in [9.17, 15) is 0 Å². The third-order valence-corrected chi connectivity index (χ3v) is 4.14. The summed E-state index contributed by atoms with van der Waals surface area (Å²) in [6.45, 7) is 9.51. The predicted octanol–water partition coefficient (Wildman–Crippen LogP) is 4.64. The second-order valence-electron chi connectivity index (χ2n) is 5.38. The van der Waals surface area contributed by atoms with E-state index in [0.29, 0.717) is 0 Å². The zero-order chi connectivity index (χ0) is 9.90. The Morgan fingerprint density at radius 1 is 1.31 bits per heavy atom. The van der Waals surface area contributed by atoms with Crippen molar-refractivity contribution in [3.63, 3.8) is 0 Å². The van der Waals surface area contributed by atoms with Crippen LogP contribution < -0.4 is 0 Å². The Labute approximate surface area is 84.1 Å². The molecule has 0 radical (unpaired) electrons. The van der Waals surface area contributed by atoms with Gasteiger partial charge in [-0.3, -0.25) is 0 Å². The van der Waals surface area contributed by atoms with E-state index < -0.39 is 0 Å². The third kappa shape index (κ3) is 3.00. The van der Waals surface area contributed by atoms with Crippen molar-refractivity contribution < 1.29 is 0 Å². The van der Waals surface area contributed by atoms with Crippen molar-refractivity contribution in [1.82, 2.24) is 0 Å². The van der Waals surface area contributed by atoms with E-state index in [1.54, 1.807) is 0 Å². The largest absolute Gasteiger partial charge is 0.0654 e. The van der Waals surface area contributed by atoms with Gasteiger partial charge in [-0.25, -0.2) is 0 Å². The van der Waals surface area contributed by atoms with Crippen molar-refractivity contribution in [1.29, 1.82) is 0 Å². The molecule has 3 unspecified atom stereocenters. The van der Waals surface area contributed by atoms with Crippen LogP contribution in [0.4, 0.5) is 0 Å². The Hall–Kier alpha value is 0. The van der Waals surface area contributed by atoms with Crippen molar-refractivity contribution in [3.05, 3.63) is 0 Å². The molecule has 0 saturated heterocycles. The van der Waals surface area contributed by atoms with E-state index in [1.807, 2.05) is 0 Å². The lowest BCUT2D eigenvalue weighted by atomic mass is 9.95. The van der Waals surface area contributed by atoms with Crippen LogP contribution in [-0.4, -0.2) is 0 Å². The molecule has 13 heavy (non-hydrogen) atoms. The van der Waals surface area contributed by atoms with Crippen molar-refractivity contribution >= 4 is 0 Å². The van der Waals surface area contributed by atoms with Crippen LogP contribution in [0.5, 0.6) is 0 Å². The molecule has 3 atom stereocenters. The van der Waals surface area contributed by atoms with Crippen LogP contribution in [0.1, 0.15) is 66.2 Å². The van der Waals surface area contributed by atoms with Crippen molar-refractivity contribution in [2.45, 2.75) is 66.2 Å². The molecule has 0 heteroatoms. The van der Waals surface area contributed by atoms with E-state index >= 15 is 0 Å². The first-order valence-electron chi connectivity index (χ1n) is 6.12. The zero-order valence-electron chi connectivity index (χ0n) is 9.90. The van der Waals surface area contributed by atoms with Crippen molar-refractivity contribution in [2.75, 3.05) is 0 Å². The highest BCUT2D eigenvalue weighted by molar-refractivity contribution is 4.97. The SMILES string of the molecule is CCCC(C)CCC1CC1(C)CC. The molecule has 0 aromatic carbocycles. The average Bonchev–Trinajstić information content (AvgIpc) is 2.76. The van der Waals surface area contributed by atoms with Gasteiger partial charge in [-0.1, -0.05) is 53.4 Å². The molecule has 0 nitrogen and oxygen atoms in total. The van der Waals surface area contributed by atoms with Crippen LogP contribution in [-0.2, 0) is 0 Å². The summed E-state index contributed by atoms with van der Waals surface area (Å²) in [6, 6.07) is 0. The zero-order valence-corrected chi connectivity index (χ0v) is 9.90. The Bertz CT molecular complexity index is 150. The minimum atomic E-state index is 0.742. The molecular weight excluding hydrogens is 156 g/mol. The molecule has 1 saturated carbocycles. The van der Waals surface area contributed by atoms with Crippen LogP contribution in [0.3, 0.4) is 0 Å². The Morgan fingerprint density at radius 2 is 2.00 bits per heavy atom. The van der Waals surface area contributed by atoms with Gasteiger partial charge < -0.3 is 0 Å². The monoisotopic (exact) mass is 182 g/mol. The fourth-order valence-electron chi connectivity index (χ4n) is 2.51. The summed E-state index contributed by atoms with van der Waals surface area (Å²) in [4.78, 5) is 0. The Morgan fingerprint density at radius 3 is 2.46 bits per heavy atom. The molecule has 78 valence electrons. The lowest BCUT2D eigenvalue weighted by molar-refractivity contribution is 0.407. The van der Waals surface area contributed by atoms with E-state index in [4.69, 9.17) is 0 Å². The summed E-state index contributed by atoms with van der Waals surface area (Å²) < 4.78 is 0. The maximum absolute atomic E-state index is 2.46. The summed E-state index contributed by atoms with van der Waals surface area (Å²) in [5, 5.41) is 0. The van der Waals surface area contributed by atoms with Gasteiger partial charge in [0.2, 0.25) is 0 Å². The molecule has 1 aliphatic carbocycles. The first-order valence-corrected chi connectivity index (χ1v) is 6.12. The number of hydrogen-bond donors (Lipinski definition) is 0. The molecule has 0 amide bonds. The first-order chi connectivity index (χ1) is 6.12. The summed E-state index contributed by atoms with van der Waals surface area (Å²) in [6.07, 6.45) is 8.63. The maximum atomic E-state index is 2.46. The molecule has 1 rings (SSSR count). The summed E-state index contributed by atoms with van der Waals surface area (Å²) in [7, 11) is 0. The average molecular weight is 182 g/mol. The lowest BCUT2D eigenvalue weighted by Crippen LogP contribution is -1.99. The van der Waals surface area contributed by atoms with E-state index in [1.165, 1.54) is 38.5 Å². The molecule has 0 aromatic heterocycles. The molecule has 0 heterocycles. The fourth-order valence-corrected chi connectivity index (χ4v) is 2.51. The van der Waals surface area contributed by atoms with Gasteiger partial charge in [0.05, 0.1) is 0 Å². The minimum Gasteiger partial charge on any atom is -0.0654 e. The molecule has 0 N–H and O–H groups in total. The van der Waals surface area contributed by atoms with Crippen LogP contribution in [0, 0.1) is 17.3 Å². The summed E-state index contributed by atoms with van der Waals surface area (Å²) >= 11 is 0. The van der Waals surface area contributed by atoms with Crippen LogP contribution in [0.15, 0.2) is 0 Å². The van der Waals surface area contributed by atoms with Crippen LogP contribution in [0.2, 0.25) is 0 Å². The predicted molar refractivity (Wildman–Crippen MR) is 59.8 cm³/mol. The second-order valence-corrected chi connectivity index (χ2v) is 5.38. The van der Waals surface area contributed by atoms with Gasteiger partial charge in [-0.2, -0.15) is 0 Å². The fraction of sp³-hybridized carbons (Fsp3) is 1.00. The van der Waals surface area contributed by atoms with Crippen molar-refractivity contribution in [3.8, 4) is 0 Å². The number of rotatable bonds is 6. The van der Waals surface area contributed by atoms with E-state index in [0.717, 1.165) is 17.3 Å². The maximum Gasteiger partial charge on any atom is -0.0297 e. The summed E-state index contributed by atoms with van der Waals surface area (Å²) in [5.74, 6) is 2.03. The Kier molecular flexibility index (Phi) is 3.82. The van der Waals surface area contributed by atoms with Crippen LogP contribution in [0.25, 0.3) is 0 Å². The van der Waals surface area contributed by atoms with E-state index in [-0.39, 0.29) is 0 Å². The van der Waals surface area contributed by atoms with Gasteiger partial charge >= 0.3 is 0 Å². The molecule has 0 bridgehead atoms.